The molecule has 3 rings (SSSR count). The van der Waals surface area contributed by atoms with Crippen molar-refractivity contribution in [3.63, 3.8) is 0 Å². The van der Waals surface area contributed by atoms with Crippen molar-refractivity contribution in [2.75, 3.05) is 11.4 Å². The van der Waals surface area contributed by atoms with Crippen molar-refractivity contribution >= 4 is 11.7 Å². The van der Waals surface area contributed by atoms with Crippen molar-refractivity contribution < 1.29 is 4.79 Å². The van der Waals surface area contributed by atoms with Gasteiger partial charge in [-0.3, -0.25) is 9.78 Å². The molecule has 1 amide bonds. The lowest BCUT2D eigenvalue weighted by atomic mass is 10.0. The molecule has 1 atom stereocenters. The number of hydrogen-bond donors (Lipinski definition) is 1. The zero-order valence-electron chi connectivity index (χ0n) is 13.5. The quantitative estimate of drug-likeness (QED) is 0.937. The van der Waals surface area contributed by atoms with E-state index in [0.717, 1.165) is 36.6 Å². The fourth-order valence-electron chi connectivity index (χ4n) is 3.00. The molecule has 3 heterocycles. The van der Waals surface area contributed by atoms with Gasteiger partial charge in [-0.2, -0.15) is 0 Å². The monoisotopic (exact) mass is 311 g/mol. The van der Waals surface area contributed by atoms with Gasteiger partial charge in [-0.1, -0.05) is 0 Å². The van der Waals surface area contributed by atoms with Crippen LogP contribution in [0.1, 0.15) is 42.8 Å². The van der Waals surface area contributed by atoms with Gasteiger partial charge in [0.1, 0.15) is 12.1 Å². The minimum Gasteiger partial charge on any atom is -0.351 e. The van der Waals surface area contributed by atoms with Crippen LogP contribution in [0, 0.1) is 6.92 Å². The molecule has 6 heteroatoms. The molecular weight excluding hydrogens is 290 g/mol. The summed E-state index contributed by atoms with van der Waals surface area (Å²) in [4.78, 5) is 26.3. The van der Waals surface area contributed by atoms with E-state index < -0.39 is 0 Å². The van der Waals surface area contributed by atoms with Gasteiger partial charge in [-0.05, 0) is 37.5 Å². The highest BCUT2D eigenvalue weighted by Crippen LogP contribution is 2.35. The molecule has 0 radical (unpaired) electrons. The number of nitrogens with one attached hydrogen (secondary N) is 1. The number of rotatable bonds is 4. The van der Waals surface area contributed by atoms with E-state index in [1.165, 1.54) is 12.5 Å². The van der Waals surface area contributed by atoms with Crippen LogP contribution in [0.3, 0.4) is 0 Å². The summed E-state index contributed by atoms with van der Waals surface area (Å²) in [6, 6.07) is 6.45. The Hall–Kier alpha value is -2.50. The lowest BCUT2D eigenvalue weighted by molar-refractivity contribution is -0.119. The Balaban J connectivity index is 1.82. The smallest absolute Gasteiger partial charge is 0.217 e. The number of amides is 1. The predicted octanol–water partition coefficient (Wildman–Crippen LogP) is 2.16. The highest BCUT2D eigenvalue weighted by atomic mass is 16.1. The van der Waals surface area contributed by atoms with Gasteiger partial charge in [-0.25, -0.2) is 9.97 Å². The standard InChI is InChI=1S/C17H21N5O/c1-12-8-17(21-11-20-12)22-7-3-4-16(22)14-5-6-18-15(9-14)10-19-13(2)23/h5-6,8-9,11,16H,3-4,7,10H2,1-2H3,(H,19,23). The third-order valence-corrected chi connectivity index (χ3v) is 4.08. The fourth-order valence-corrected chi connectivity index (χ4v) is 3.00. The second-order valence-electron chi connectivity index (χ2n) is 5.86. The number of nitrogens with zero attached hydrogens (tertiary/aromatic N) is 4. The molecule has 0 saturated carbocycles. The first-order valence-electron chi connectivity index (χ1n) is 7.88. The Morgan fingerprint density at radius 3 is 3.00 bits per heavy atom. The Morgan fingerprint density at radius 2 is 2.22 bits per heavy atom. The third kappa shape index (κ3) is 3.64. The van der Waals surface area contributed by atoms with Gasteiger partial charge in [-0.15, -0.1) is 0 Å². The largest absolute Gasteiger partial charge is 0.351 e. The minimum atomic E-state index is -0.0452. The Labute approximate surface area is 136 Å². The van der Waals surface area contributed by atoms with E-state index >= 15 is 0 Å². The molecule has 1 N–H and O–H groups in total. The zero-order chi connectivity index (χ0) is 16.2. The van der Waals surface area contributed by atoms with Gasteiger partial charge in [0, 0.05) is 31.4 Å². The normalized spacial score (nSPS) is 17.3. The summed E-state index contributed by atoms with van der Waals surface area (Å²) in [5.41, 5.74) is 3.07. The summed E-state index contributed by atoms with van der Waals surface area (Å²) in [7, 11) is 0. The Bertz CT molecular complexity index is 703. The van der Waals surface area contributed by atoms with Gasteiger partial charge >= 0.3 is 0 Å². The lowest BCUT2D eigenvalue weighted by Crippen LogP contribution is -2.24. The molecule has 120 valence electrons. The molecule has 23 heavy (non-hydrogen) atoms. The summed E-state index contributed by atoms with van der Waals surface area (Å²) in [6.45, 7) is 4.95. The maximum atomic E-state index is 11.1. The van der Waals surface area contributed by atoms with Gasteiger partial charge in [0.2, 0.25) is 5.91 Å². The first-order valence-corrected chi connectivity index (χ1v) is 7.88. The summed E-state index contributed by atoms with van der Waals surface area (Å²) in [5, 5.41) is 2.79. The van der Waals surface area contributed by atoms with E-state index in [9.17, 15) is 4.79 Å². The van der Waals surface area contributed by atoms with Gasteiger partial charge in [0.05, 0.1) is 18.3 Å². The van der Waals surface area contributed by atoms with Crippen molar-refractivity contribution in [3.8, 4) is 0 Å². The number of aromatic nitrogens is 3. The van der Waals surface area contributed by atoms with E-state index in [2.05, 4.69) is 31.2 Å². The van der Waals surface area contributed by atoms with Crippen molar-refractivity contribution in [1.82, 2.24) is 20.3 Å². The van der Waals surface area contributed by atoms with Crippen LogP contribution in [0.5, 0.6) is 0 Å². The van der Waals surface area contributed by atoms with Gasteiger partial charge in [0.15, 0.2) is 0 Å². The summed E-state index contributed by atoms with van der Waals surface area (Å²) < 4.78 is 0. The van der Waals surface area contributed by atoms with Crippen molar-refractivity contribution in [1.29, 1.82) is 0 Å². The topological polar surface area (TPSA) is 71.0 Å². The first kappa shape index (κ1) is 15.4. The SMILES string of the molecule is CC(=O)NCc1cc(C2CCCN2c2cc(C)ncn2)ccn1. The van der Waals surface area contributed by atoms with Gasteiger partial charge in [0.25, 0.3) is 0 Å². The van der Waals surface area contributed by atoms with Crippen molar-refractivity contribution in [3.05, 3.63) is 47.7 Å². The molecule has 0 aliphatic carbocycles. The summed E-state index contributed by atoms with van der Waals surface area (Å²) in [5.74, 6) is 0.927. The molecule has 1 aliphatic rings. The van der Waals surface area contributed by atoms with Crippen molar-refractivity contribution in [2.45, 2.75) is 39.3 Å². The summed E-state index contributed by atoms with van der Waals surface area (Å²) >= 11 is 0. The molecule has 1 fully saturated rings. The minimum absolute atomic E-state index is 0.0452. The number of pyridine rings is 1. The van der Waals surface area contributed by atoms with E-state index in [4.69, 9.17) is 0 Å². The number of anilines is 1. The molecular formula is C17H21N5O. The lowest BCUT2D eigenvalue weighted by Gasteiger charge is -2.26. The number of hydrogen-bond acceptors (Lipinski definition) is 5. The van der Waals surface area contributed by atoms with Crippen LogP contribution in [0.25, 0.3) is 0 Å². The van der Waals surface area contributed by atoms with Crippen LogP contribution >= 0.6 is 0 Å². The zero-order valence-corrected chi connectivity index (χ0v) is 13.5. The second-order valence-corrected chi connectivity index (χ2v) is 5.86. The van der Waals surface area contributed by atoms with E-state index in [0.29, 0.717) is 12.6 Å². The molecule has 1 unspecified atom stereocenters. The van der Waals surface area contributed by atoms with Crippen LogP contribution in [0.4, 0.5) is 5.82 Å². The Morgan fingerprint density at radius 1 is 1.35 bits per heavy atom. The van der Waals surface area contributed by atoms with E-state index in [-0.39, 0.29) is 5.91 Å². The van der Waals surface area contributed by atoms with E-state index in [1.807, 2.05) is 25.3 Å². The number of carbonyl (C=O) groups is 1. The molecule has 0 aromatic carbocycles. The number of carbonyl (C=O) groups excluding carboxylic acids is 1. The summed E-state index contributed by atoms with van der Waals surface area (Å²) in [6.07, 6.45) is 5.66. The van der Waals surface area contributed by atoms with Gasteiger partial charge < -0.3 is 10.2 Å². The molecule has 1 aliphatic heterocycles. The highest BCUT2D eigenvalue weighted by Gasteiger charge is 2.27. The molecule has 0 spiro atoms. The predicted molar refractivity (Wildman–Crippen MR) is 87.8 cm³/mol. The van der Waals surface area contributed by atoms with Crippen LogP contribution in [0.15, 0.2) is 30.7 Å². The number of aryl methyl sites for hydroxylation is 1. The molecule has 2 aromatic heterocycles. The van der Waals surface area contributed by atoms with E-state index in [1.54, 1.807) is 6.33 Å². The van der Waals surface area contributed by atoms with Crippen LogP contribution in [-0.4, -0.2) is 27.4 Å². The Kier molecular flexibility index (Phi) is 4.50. The van der Waals surface area contributed by atoms with Crippen LogP contribution in [-0.2, 0) is 11.3 Å². The fraction of sp³-hybridized carbons (Fsp3) is 0.412. The first-order chi connectivity index (χ1) is 11.1. The van der Waals surface area contributed by atoms with Crippen LogP contribution in [0.2, 0.25) is 0 Å². The maximum Gasteiger partial charge on any atom is 0.217 e. The maximum absolute atomic E-state index is 11.1. The second kappa shape index (κ2) is 6.73. The van der Waals surface area contributed by atoms with Crippen LogP contribution < -0.4 is 10.2 Å². The molecule has 2 aromatic rings. The van der Waals surface area contributed by atoms with Crippen molar-refractivity contribution in [2.24, 2.45) is 0 Å². The third-order valence-electron chi connectivity index (χ3n) is 4.08. The molecule has 0 bridgehead atoms. The average Bonchev–Trinajstić information content (AvgIpc) is 3.03. The average molecular weight is 311 g/mol. The molecule has 6 nitrogen and oxygen atoms in total. The molecule has 1 saturated heterocycles. The highest BCUT2D eigenvalue weighted by molar-refractivity contribution is 5.72.